The van der Waals surface area contributed by atoms with Gasteiger partial charge >= 0.3 is 0 Å². The highest BCUT2D eigenvalue weighted by atomic mass is 35.5. The topological polar surface area (TPSA) is 55.2 Å². The molecule has 1 aliphatic carbocycles. The van der Waals surface area contributed by atoms with Gasteiger partial charge in [-0.3, -0.25) is 10.1 Å². The molecule has 1 heterocycles. The van der Waals surface area contributed by atoms with Gasteiger partial charge in [0.2, 0.25) is 0 Å². The number of rotatable bonds is 4. The van der Waals surface area contributed by atoms with Crippen molar-refractivity contribution in [2.75, 3.05) is 5.32 Å². The molecular weight excluding hydrogens is 435 g/mol. The summed E-state index contributed by atoms with van der Waals surface area (Å²) in [7, 11) is 0. The van der Waals surface area contributed by atoms with Gasteiger partial charge in [-0.1, -0.05) is 54.6 Å². The van der Waals surface area contributed by atoms with Crippen molar-refractivity contribution in [1.82, 2.24) is 0 Å². The Labute approximate surface area is 189 Å². The van der Waals surface area contributed by atoms with Gasteiger partial charge in [-0.05, 0) is 35.6 Å². The Balaban J connectivity index is 1.54. The Kier molecular flexibility index (Phi) is 5.36. The van der Waals surface area contributed by atoms with Gasteiger partial charge in [0.05, 0.1) is 26.9 Å². The highest BCUT2D eigenvalue weighted by Crippen LogP contribution is 2.58. The summed E-state index contributed by atoms with van der Waals surface area (Å²) >= 11 is 8.49. The highest BCUT2D eigenvalue weighted by molar-refractivity contribution is 8.00. The quantitative estimate of drug-likeness (QED) is 0.268. The van der Waals surface area contributed by atoms with Crippen molar-refractivity contribution in [3.05, 3.63) is 99.9 Å². The number of benzene rings is 3. The molecule has 3 aromatic carbocycles. The minimum Gasteiger partial charge on any atom is -0.375 e. The molecule has 1 aliphatic heterocycles. The normalized spacial score (nSPS) is 26.6. The lowest BCUT2D eigenvalue weighted by atomic mass is 9.77. The van der Waals surface area contributed by atoms with Crippen molar-refractivity contribution < 1.29 is 9.31 Å². The Morgan fingerprint density at radius 1 is 1.03 bits per heavy atom. The second kappa shape index (κ2) is 8.17. The number of anilines is 1. The van der Waals surface area contributed by atoms with E-state index >= 15 is 0 Å². The molecule has 1 fully saturated rings. The largest absolute Gasteiger partial charge is 0.375 e. The van der Waals surface area contributed by atoms with Gasteiger partial charge in [0.1, 0.15) is 5.82 Å². The lowest BCUT2D eigenvalue weighted by molar-refractivity contribution is -0.387. The number of hydrogen-bond donors (Lipinski definition) is 1. The van der Waals surface area contributed by atoms with Crippen LogP contribution in [0.1, 0.15) is 29.5 Å². The summed E-state index contributed by atoms with van der Waals surface area (Å²) in [5, 5.41) is 14.6. The SMILES string of the molecule is O=[N+]([O-])c1ccccc1S[C@@H]1C[C@H]2[C@H](c3cccc(F)c3N[C@H]2c2ccccc2)[C@@H]1Cl. The number of hydrogen-bond acceptors (Lipinski definition) is 4. The Morgan fingerprint density at radius 3 is 2.55 bits per heavy atom. The first kappa shape index (κ1) is 20.3. The van der Waals surface area contributed by atoms with Gasteiger partial charge in [-0.15, -0.1) is 23.4 Å². The maximum Gasteiger partial charge on any atom is 0.282 e. The molecule has 0 spiro atoms. The third kappa shape index (κ3) is 3.58. The van der Waals surface area contributed by atoms with E-state index in [2.05, 4.69) is 5.32 Å². The number of thioether (sulfide) groups is 1. The summed E-state index contributed by atoms with van der Waals surface area (Å²) in [6, 6.07) is 21.8. The van der Waals surface area contributed by atoms with Gasteiger partial charge in [0, 0.05) is 17.2 Å². The number of nitrogens with one attached hydrogen (secondary N) is 1. The second-order valence-electron chi connectivity index (χ2n) is 7.99. The zero-order valence-electron chi connectivity index (χ0n) is 16.4. The number of alkyl halides is 1. The summed E-state index contributed by atoms with van der Waals surface area (Å²) < 4.78 is 14.7. The van der Waals surface area contributed by atoms with Crippen LogP contribution < -0.4 is 5.32 Å². The molecule has 5 rings (SSSR count). The fourth-order valence-electron chi connectivity index (χ4n) is 4.97. The van der Waals surface area contributed by atoms with Gasteiger partial charge in [-0.2, -0.15) is 0 Å². The number of para-hydroxylation sites is 2. The molecule has 7 heteroatoms. The Hall–Kier alpha value is -2.57. The first-order chi connectivity index (χ1) is 15.0. The van der Waals surface area contributed by atoms with Crippen LogP contribution >= 0.6 is 23.4 Å². The Bertz CT molecular complexity index is 1130. The minimum atomic E-state index is -0.355. The fourth-order valence-corrected chi connectivity index (χ4v) is 6.91. The molecule has 0 saturated heterocycles. The molecule has 4 nitrogen and oxygen atoms in total. The van der Waals surface area contributed by atoms with E-state index in [-0.39, 0.29) is 44.9 Å². The van der Waals surface area contributed by atoms with Crippen LogP contribution in [0, 0.1) is 21.8 Å². The van der Waals surface area contributed by atoms with E-state index < -0.39 is 0 Å². The molecule has 1 saturated carbocycles. The average Bonchev–Trinajstić information content (AvgIpc) is 3.11. The number of nitrogens with zero attached hydrogens (tertiary/aromatic N) is 1. The van der Waals surface area contributed by atoms with Crippen LogP contribution in [-0.4, -0.2) is 15.6 Å². The molecule has 5 atom stereocenters. The molecule has 0 unspecified atom stereocenters. The number of halogens is 2. The molecule has 1 N–H and O–H groups in total. The molecule has 0 amide bonds. The van der Waals surface area contributed by atoms with E-state index in [4.69, 9.17) is 11.6 Å². The first-order valence-electron chi connectivity index (χ1n) is 10.2. The molecule has 3 aromatic rings. The van der Waals surface area contributed by atoms with E-state index in [1.807, 2.05) is 36.4 Å². The van der Waals surface area contributed by atoms with E-state index in [1.54, 1.807) is 24.3 Å². The van der Waals surface area contributed by atoms with Gasteiger partial charge in [0.15, 0.2) is 0 Å². The predicted octanol–water partition coefficient (Wildman–Crippen LogP) is 6.77. The molecule has 0 aromatic heterocycles. The number of nitro groups is 1. The van der Waals surface area contributed by atoms with Crippen LogP contribution in [0.15, 0.2) is 77.7 Å². The smallest absolute Gasteiger partial charge is 0.282 e. The zero-order valence-corrected chi connectivity index (χ0v) is 18.0. The number of nitro benzene ring substituents is 1. The Morgan fingerprint density at radius 2 is 1.77 bits per heavy atom. The first-order valence-corrected chi connectivity index (χ1v) is 11.5. The standard InChI is InChI=1S/C24H20ClFN2O2S/c25-22-20(31-19-12-5-4-11-18(19)28(29)30)13-16-21(22)15-9-6-10-17(26)24(15)27-23(16)14-7-2-1-3-8-14/h1-12,16,20-23,27H,13H2/t16-,20+,21-,22+,23-/m0/s1. The predicted molar refractivity (Wildman–Crippen MR) is 122 cm³/mol. The number of fused-ring (bicyclic) bond motifs is 3. The van der Waals surface area contributed by atoms with Crippen molar-refractivity contribution in [1.29, 1.82) is 0 Å². The van der Waals surface area contributed by atoms with Crippen LogP contribution in [0.5, 0.6) is 0 Å². The lowest BCUT2D eigenvalue weighted by Gasteiger charge is -2.38. The lowest BCUT2D eigenvalue weighted by Crippen LogP contribution is -2.31. The molecule has 158 valence electrons. The zero-order chi connectivity index (χ0) is 21.5. The van der Waals surface area contributed by atoms with Crippen molar-refractivity contribution in [2.45, 2.75) is 33.9 Å². The molecule has 31 heavy (non-hydrogen) atoms. The molecule has 0 bridgehead atoms. The van der Waals surface area contributed by atoms with Crippen molar-refractivity contribution in [3.63, 3.8) is 0 Å². The van der Waals surface area contributed by atoms with E-state index in [1.165, 1.54) is 23.9 Å². The van der Waals surface area contributed by atoms with Gasteiger partial charge in [-0.25, -0.2) is 4.39 Å². The van der Waals surface area contributed by atoms with Gasteiger partial charge in [0.25, 0.3) is 5.69 Å². The summed E-state index contributed by atoms with van der Waals surface area (Å²) in [6.07, 6.45) is 0.776. The second-order valence-corrected chi connectivity index (χ2v) is 9.77. The summed E-state index contributed by atoms with van der Waals surface area (Å²) in [4.78, 5) is 11.7. The molecular formula is C24H20ClFN2O2S. The van der Waals surface area contributed by atoms with Gasteiger partial charge < -0.3 is 5.32 Å². The van der Waals surface area contributed by atoms with Crippen LogP contribution in [0.3, 0.4) is 0 Å². The average molecular weight is 455 g/mol. The van der Waals surface area contributed by atoms with E-state index in [0.29, 0.717) is 10.6 Å². The van der Waals surface area contributed by atoms with E-state index in [9.17, 15) is 14.5 Å². The van der Waals surface area contributed by atoms with Crippen molar-refractivity contribution >= 4 is 34.7 Å². The summed E-state index contributed by atoms with van der Waals surface area (Å²) in [5.74, 6) is -0.172. The van der Waals surface area contributed by atoms with Crippen LogP contribution in [-0.2, 0) is 0 Å². The molecule has 0 radical (unpaired) electrons. The summed E-state index contributed by atoms with van der Waals surface area (Å²) in [5.41, 5.74) is 2.59. The van der Waals surface area contributed by atoms with Crippen LogP contribution in [0.4, 0.5) is 15.8 Å². The fraction of sp³-hybridized carbons (Fsp3) is 0.250. The highest BCUT2D eigenvalue weighted by Gasteiger charge is 2.50. The van der Waals surface area contributed by atoms with E-state index in [0.717, 1.165) is 17.5 Å². The molecule has 2 aliphatic rings. The van der Waals surface area contributed by atoms with Crippen LogP contribution in [0.25, 0.3) is 0 Å². The maximum atomic E-state index is 14.7. The van der Waals surface area contributed by atoms with Crippen molar-refractivity contribution in [2.24, 2.45) is 5.92 Å². The van der Waals surface area contributed by atoms with Crippen molar-refractivity contribution in [3.8, 4) is 0 Å². The van der Waals surface area contributed by atoms with Crippen LogP contribution in [0.2, 0.25) is 0 Å². The summed E-state index contributed by atoms with van der Waals surface area (Å²) in [6.45, 7) is 0. The third-order valence-electron chi connectivity index (χ3n) is 6.30. The maximum absolute atomic E-state index is 14.7. The monoisotopic (exact) mass is 454 g/mol. The minimum absolute atomic E-state index is 0.0278. The third-order valence-corrected chi connectivity index (χ3v) is 8.41.